The van der Waals surface area contributed by atoms with E-state index in [0.29, 0.717) is 0 Å². The first-order valence-electron chi connectivity index (χ1n) is 5.80. The Hall–Kier alpha value is -0.220. The smallest absolute Gasteiger partial charge is 0.320 e. The minimum Gasteiger partial charge on any atom is -0.480 e. The van der Waals surface area contributed by atoms with E-state index in [2.05, 4.69) is 12.2 Å². The van der Waals surface area contributed by atoms with Crippen LogP contribution in [0.1, 0.15) is 39.0 Å². The molecule has 3 unspecified atom stereocenters. The zero-order chi connectivity index (χ0) is 10.9. The van der Waals surface area contributed by atoms with Crippen molar-refractivity contribution in [3.63, 3.8) is 0 Å². The van der Waals surface area contributed by atoms with Gasteiger partial charge in [0.05, 0.1) is 4.87 Å². The first-order chi connectivity index (χ1) is 7.15. The van der Waals surface area contributed by atoms with E-state index in [1.807, 2.05) is 11.8 Å². The molecule has 0 amide bonds. The summed E-state index contributed by atoms with van der Waals surface area (Å²) in [6, 6.07) is -0.318. The van der Waals surface area contributed by atoms with E-state index < -0.39 is 5.97 Å². The van der Waals surface area contributed by atoms with Crippen LogP contribution < -0.4 is 5.32 Å². The number of hydrogen-bond acceptors (Lipinski definition) is 3. The van der Waals surface area contributed by atoms with E-state index in [0.717, 1.165) is 30.9 Å². The molecule has 1 aliphatic heterocycles. The number of thioether (sulfide) groups is 1. The normalized spacial score (nSPS) is 40.9. The fraction of sp³-hybridized carbons (Fsp3) is 0.909. The molecule has 2 aliphatic rings. The molecule has 15 heavy (non-hydrogen) atoms. The summed E-state index contributed by atoms with van der Waals surface area (Å²) in [6.07, 6.45) is 5.53. The molecule has 1 aliphatic carbocycles. The Bertz CT molecular complexity index is 259. The van der Waals surface area contributed by atoms with E-state index in [1.54, 1.807) is 0 Å². The van der Waals surface area contributed by atoms with Crippen LogP contribution in [0, 0.1) is 5.92 Å². The van der Waals surface area contributed by atoms with Crippen molar-refractivity contribution in [3.05, 3.63) is 0 Å². The van der Waals surface area contributed by atoms with Gasteiger partial charge < -0.3 is 5.11 Å². The molecule has 3 nitrogen and oxygen atoms in total. The minimum atomic E-state index is -0.686. The quantitative estimate of drug-likeness (QED) is 0.761. The lowest BCUT2D eigenvalue weighted by atomic mass is 10.0. The Morgan fingerprint density at radius 1 is 1.60 bits per heavy atom. The average molecular weight is 229 g/mol. The van der Waals surface area contributed by atoms with E-state index in [1.165, 1.54) is 12.8 Å². The second-order valence-corrected chi connectivity index (χ2v) is 6.16. The number of nitrogens with one attached hydrogen (secondary N) is 1. The zero-order valence-corrected chi connectivity index (χ0v) is 9.98. The lowest BCUT2D eigenvalue weighted by Gasteiger charge is -2.37. The van der Waals surface area contributed by atoms with Gasteiger partial charge in [0.25, 0.3) is 0 Å². The van der Waals surface area contributed by atoms with Crippen LogP contribution in [0.25, 0.3) is 0 Å². The molecule has 86 valence electrons. The van der Waals surface area contributed by atoms with Crippen LogP contribution in [0.2, 0.25) is 0 Å². The Morgan fingerprint density at radius 3 is 3.00 bits per heavy atom. The van der Waals surface area contributed by atoms with Crippen LogP contribution in [-0.4, -0.2) is 27.7 Å². The second-order valence-electron chi connectivity index (χ2n) is 4.68. The summed E-state index contributed by atoms with van der Waals surface area (Å²) in [5.74, 6) is 1.09. The lowest BCUT2D eigenvalue weighted by Crippen LogP contribution is -2.53. The summed E-state index contributed by atoms with van der Waals surface area (Å²) in [5.41, 5.74) is 0. The first kappa shape index (κ1) is 11.3. The molecule has 0 aromatic rings. The molecule has 1 saturated carbocycles. The molecule has 1 saturated heterocycles. The molecule has 0 aromatic heterocycles. The molecule has 0 bridgehead atoms. The van der Waals surface area contributed by atoms with Gasteiger partial charge in [-0.1, -0.05) is 13.3 Å². The van der Waals surface area contributed by atoms with Crippen molar-refractivity contribution in [1.29, 1.82) is 0 Å². The highest BCUT2D eigenvalue weighted by molar-refractivity contribution is 8.00. The van der Waals surface area contributed by atoms with Gasteiger partial charge in [-0.05, 0) is 37.4 Å². The summed E-state index contributed by atoms with van der Waals surface area (Å²) >= 11 is 1.94. The standard InChI is InChI=1S/C11H19NO2S/c1-2-8-3-5-11(7-8)12-9(10(13)14)4-6-15-11/h8-9,12H,2-7H2,1H3,(H,13,14). The van der Waals surface area contributed by atoms with Crippen molar-refractivity contribution in [2.75, 3.05) is 5.75 Å². The fourth-order valence-corrected chi connectivity index (χ4v) is 4.29. The summed E-state index contributed by atoms with van der Waals surface area (Å²) in [5, 5.41) is 12.4. The Kier molecular flexibility index (Phi) is 3.26. The monoisotopic (exact) mass is 229 g/mol. The molecule has 2 rings (SSSR count). The largest absolute Gasteiger partial charge is 0.480 e. The van der Waals surface area contributed by atoms with E-state index in [4.69, 9.17) is 5.11 Å². The van der Waals surface area contributed by atoms with Crippen LogP contribution in [0.3, 0.4) is 0 Å². The highest BCUT2D eigenvalue weighted by Crippen LogP contribution is 2.46. The van der Waals surface area contributed by atoms with Gasteiger partial charge in [-0.25, -0.2) is 0 Å². The van der Waals surface area contributed by atoms with Gasteiger partial charge >= 0.3 is 5.97 Å². The van der Waals surface area contributed by atoms with Crippen LogP contribution in [0.4, 0.5) is 0 Å². The van der Waals surface area contributed by atoms with Gasteiger partial charge in [0.2, 0.25) is 0 Å². The zero-order valence-electron chi connectivity index (χ0n) is 9.16. The maximum absolute atomic E-state index is 11.0. The topological polar surface area (TPSA) is 49.3 Å². The molecular weight excluding hydrogens is 210 g/mol. The van der Waals surface area contributed by atoms with Crippen LogP contribution in [-0.2, 0) is 4.79 Å². The molecule has 0 radical (unpaired) electrons. The van der Waals surface area contributed by atoms with Gasteiger partial charge in [-0.2, -0.15) is 0 Å². The Labute approximate surface area is 95.0 Å². The molecule has 1 spiro atoms. The molecule has 0 aromatic carbocycles. The Morgan fingerprint density at radius 2 is 2.40 bits per heavy atom. The van der Waals surface area contributed by atoms with Crippen LogP contribution in [0.15, 0.2) is 0 Å². The maximum atomic E-state index is 11.0. The minimum absolute atomic E-state index is 0.0853. The fourth-order valence-electron chi connectivity index (χ4n) is 2.71. The molecule has 4 heteroatoms. The van der Waals surface area contributed by atoms with Crippen molar-refractivity contribution in [2.45, 2.75) is 49.9 Å². The number of carboxylic acid groups (broad SMARTS) is 1. The van der Waals surface area contributed by atoms with Crippen molar-refractivity contribution in [2.24, 2.45) is 5.92 Å². The number of rotatable bonds is 2. The lowest BCUT2D eigenvalue weighted by molar-refractivity contribution is -0.140. The van der Waals surface area contributed by atoms with Crippen LogP contribution in [0.5, 0.6) is 0 Å². The highest BCUT2D eigenvalue weighted by atomic mass is 32.2. The highest BCUT2D eigenvalue weighted by Gasteiger charge is 2.43. The SMILES string of the molecule is CCC1CCC2(C1)NC(C(=O)O)CCS2. The molecular formula is C11H19NO2S. The van der Waals surface area contributed by atoms with E-state index in [-0.39, 0.29) is 10.9 Å². The summed E-state index contributed by atoms with van der Waals surface area (Å²) in [6.45, 7) is 2.23. The van der Waals surface area contributed by atoms with Crippen molar-refractivity contribution < 1.29 is 9.90 Å². The predicted octanol–water partition coefficient (Wildman–Crippen LogP) is 2.07. The van der Waals surface area contributed by atoms with Gasteiger partial charge in [-0.15, -0.1) is 11.8 Å². The number of aliphatic carboxylic acids is 1. The summed E-state index contributed by atoms with van der Waals surface area (Å²) in [7, 11) is 0. The second kappa shape index (κ2) is 4.34. The van der Waals surface area contributed by atoms with Crippen molar-refractivity contribution in [1.82, 2.24) is 5.32 Å². The third-order valence-corrected chi connectivity index (χ3v) is 5.15. The molecule has 2 fully saturated rings. The van der Waals surface area contributed by atoms with Gasteiger partial charge in [0, 0.05) is 0 Å². The van der Waals surface area contributed by atoms with Gasteiger partial charge in [0.1, 0.15) is 6.04 Å². The Balaban J connectivity index is 2.00. The summed E-state index contributed by atoms with van der Waals surface area (Å²) in [4.78, 5) is 11.1. The third-order valence-electron chi connectivity index (χ3n) is 3.67. The average Bonchev–Trinajstić information content (AvgIpc) is 2.61. The third kappa shape index (κ3) is 2.31. The maximum Gasteiger partial charge on any atom is 0.320 e. The van der Waals surface area contributed by atoms with Gasteiger partial charge in [-0.3, -0.25) is 10.1 Å². The first-order valence-corrected chi connectivity index (χ1v) is 6.78. The predicted molar refractivity (Wildman–Crippen MR) is 62.0 cm³/mol. The van der Waals surface area contributed by atoms with Crippen LogP contribution >= 0.6 is 11.8 Å². The van der Waals surface area contributed by atoms with E-state index >= 15 is 0 Å². The van der Waals surface area contributed by atoms with E-state index in [9.17, 15) is 4.79 Å². The number of hydrogen-bond donors (Lipinski definition) is 2. The number of carboxylic acids is 1. The van der Waals surface area contributed by atoms with Gasteiger partial charge in [0.15, 0.2) is 0 Å². The van der Waals surface area contributed by atoms with Crippen molar-refractivity contribution in [3.8, 4) is 0 Å². The molecule has 3 atom stereocenters. The molecule has 2 N–H and O–H groups in total. The van der Waals surface area contributed by atoms with Crippen molar-refractivity contribution >= 4 is 17.7 Å². The molecule has 1 heterocycles. The number of carbonyl (C=O) groups is 1. The summed E-state index contributed by atoms with van der Waals surface area (Å²) < 4.78 is 0.